The minimum absolute atomic E-state index is 0.00888. The van der Waals surface area contributed by atoms with Gasteiger partial charge in [0.25, 0.3) is 0 Å². The van der Waals surface area contributed by atoms with Crippen molar-refractivity contribution in [3.05, 3.63) is 119 Å². The van der Waals surface area contributed by atoms with E-state index < -0.39 is 9.05 Å². The predicted molar refractivity (Wildman–Crippen MR) is 189 cm³/mol. The van der Waals surface area contributed by atoms with Crippen molar-refractivity contribution in [3.8, 4) is 23.0 Å². The molecule has 0 amide bonds. The zero-order chi connectivity index (χ0) is 33.3. The van der Waals surface area contributed by atoms with E-state index in [-0.39, 0.29) is 21.7 Å². The smallest absolute Gasteiger partial charge is 0.452 e. The third-order valence-electron chi connectivity index (χ3n) is 7.85. The van der Waals surface area contributed by atoms with Gasteiger partial charge in [0, 0.05) is 0 Å². The Balaban J connectivity index is 1.81. The number of benzene rings is 4. The molecule has 4 aromatic rings. The van der Waals surface area contributed by atoms with Crippen LogP contribution in [0.25, 0.3) is 0 Å². The molecule has 0 aromatic heterocycles. The highest BCUT2D eigenvalue weighted by atomic mass is 28.4. The van der Waals surface area contributed by atoms with Crippen LogP contribution in [0.4, 0.5) is 0 Å². The Morgan fingerprint density at radius 3 is 0.578 bits per heavy atom. The van der Waals surface area contributed by atoms with Crippen LogP contribution in [0.3, 0.4) is 0 Å². The molecule has 5 heteroatoms. The van der Waals surface area contributed by atoms with Gasteiger partial charge in [0.05, 0.1) is 0 Å². The molecule has 0 atom stereocenters. The van der Waals surface area contributed by atoms with Crippen molar-refractivity contribution < 1.29 is 17.7 Å². The van der Waals surface area contributed by atoms with Crippen molar-refractivity contribution in [1.29, 1.82) is 0 Å². The Morgan fingerprint density at radius 2 is 0.444 bits per heavy atom. The molecule has 0 fully saturated rings. The molecule has 0 heterocycles. The molecule has 240 valence electrons. The molecule has 45 heavy (non-hydrogen) atoms. The van der Waals surface area contributed by atoms with E-state index in [0.29, 0.717) is 23.0 Å². The lowest BCUT2D eigenvalue weighted by Gasteiger charge is -2.29. The first-order chi connectivity index (χ1) is 20.7. The molecule has 0 aliphatic rings. The third-order valence-corrected chi connectivity index (χ3v) is 9.80. The van der Waals surface area contributed by atoms with Crippen molar-refractivity contribution in [1.82, 2.24) is 0 Å². The molecule has 0 aliphatic heterocycles. The monoisotopic (exact) mass is 624 g/mol. The molecule has 0 N–H and O–H groups in total. The summed E-state index contributed by atoms with van der Waals surface area (Å²) in [5, 5.41) is 0. The molecule has 0 unspecified atom stereocenters. The van der Waals surface area contributed by atoms with Gasteiger partial charge in [-0.15, -0.1) is 0 Å². The minimum Gasteiger partial charge on any atom is -0.452 e. The molecule has 0 saturated carbocycles. The molecule has 0 spiro atoms. The number of hydrogen-bond donors (Lipinski definition) is 0. The SMILES string of the molecule is CC(C)(C)c1ccc(O[Si](Oc2ccc(C(C)(C)C)cc2)(Oc2ccc(C(C)(C)C)cc2)Oc2ccc(C(C)(C)C)cc2)cc1. The summed E-state index contributed by atoms with van der Waals surface area (Å²) in [6, 6.07) is 32.4. The Kier molecular flexibility index (Phi) is 9.56. The normalized spacial score (nSPS) is 12.9. The fourth-order valence-corrected chi connectivity index (χ4v) is 6.74. The maximum Gasteiger partial charge on any atom is 0.966 e. The van der Waals surface area contributed by atoms with E-state index in [4.69, 9.17) is 17.7 Å². The molecule has 0 saturated heterocycles. The van der Waals surface area contributed by atoms with E-state index in [1.807, 2.05) is 48.5 Å². The van der Waals surface area contributed by atoms with Crippen LogP contribution in [-0.4, -0.2) is 9.05 Å². The summed E-state index contributed by atoms with van der Waals surface area (Å²) in [6.07, 6.45) is 0. The summed E-state index contributed by atoms with van der Waals surface area (Å²) < 4.78 is 27.0. The van der Waals surface area contributed by atoms with Crippen LogP contribution < -0.4 is 17.7 Å². The first-order valence-corrected chi connectivity index (χ1v) is 17.6. The van der Waals surface area contributed by atoms with E-state index in [9.17, 15) is 0 Å². The maximum absolute atomic E-state index is 6.75. The van der Waals surface area contributed by atoms with Crippen molar-refractivity contribution in [2.45, 2.75) is 105 Å². The zero-order valence-electron chi connectivity index (χ0n) is 29.4. The lowest BCUT2D eigenvalue weighted by atomic mass is 9.87. The quantitative estimate of drug-likeness (QED) is 0.183. The largest absolute Gasteiger partial charge is 0.966 e. The van der Waals surface area contributed by atoms with E-state index in [1.54, 1.807) is 0 Å². The maximum atomic E-state index is 6.75. The fraction of sp³-hybridized carbons (Fsp3) is 0.400. The zero-order valence-corrected chi connectivity index (χ0v) is 30.4. The van der Waals surface area contributed by atoms with E-state index >= 15 is 0 Å². The average molecular weight is 625 g/mol. The molecule has 0 radical (unpaired) electrons. The Bertz CT molecular complexity index is 1280. The molecular weight excluding hydrogens is 573 g/mol. The molecule has 0 aliphatic carbocycles. The topological polar surface area (TPSA) is 36.9 Å². The average Bonchev–Trinajstić information content (AvgIpc) is 2.92. The van der Waals surface area contributed by atoms with Crippen molar-refractivity contribution in [2.24, 2.45) is 0 Å². The first-order valence-electron chi connectivity index (χ1n) is 15.9. The van der Waals surface area contributed by atoms with Crippen LogP contribution in [0.15, 0.2) is 97.1 Å². The summed E-state index contributed by atoms with van der Waals surface area (Å²) in [7, 11) is -4.01. The van der Waals surface area contributed by atoms with Crippen LogP contribution in [0.2, 0.25) is 0 Å². The van der Waals surface area contributed by atoms with Crippen LogP contribution in [-0.2, 0) is 21.7 Å². The van der Waals surface area contributed by atoms with Gasteiger partial charge in [0.1, 0.15) is 23.0 Å². The number of hydrogen-bond acceptors (Lipinski definition) is 4. The lowest BCUT2D eigenvalue weighted by molar-refractivity contribution is 0.161. The molecule has 4 rings (SSSR count). The summed E-state index contributed by atoms with van der Waals surface area (Å²) in [6.45, 7) is 26.3. The van der Waals surface area contributed by atoms with Crippen molar-refractivity contribution in [3.63, 3.8) is 0 Å². The van der Waals surface area contributed by atoms with Gasteiger partial charge in [-0.3, -0.25) is 0 Å². The van der Waals surface area contributed by atoms with Crippen LogP contribution in [0, 0.1) is 0 Å². The second kappa shape index (κ2) is 12.6. The van der Waals surface area contributed by atoms with E-state index in [1.165, 1.54) is 22.3 Å². The predicted octanol–water partition coefficient (Wildman–Crippen LogP) is 10.9. The van der Waals surface area contributed by atoms with Crippen molar-refractivity contribution in [2.75, 3.05) is 0 Å². The second-order valence-corrected chi connectivity index (χ2v) is 17.8. The summed E-state index contributed by atoms with van der Waals surface area (Å²) in [5.74, 6) is 2.44. The molecule has 4 aromatic carbocycles. The minimum atomic E-state index is -4.01. The highest BCUT2D eigenvalue weighted by molar-refractivity contribution is 6.57. The highest BCUT2D eigenvalue weighted by Gasteiger charge is 2.58. The third kappa shape index (κ3) is 9.17. The summed E-state index contributed by atoms with van der Waals surface area (Å²) in [5.41, 5.74) is 4.86. The van der Waals surface area contributed by atoms with E-state index in [2.05, 4.69) is 132 Å². The van der Waals surface area contributed by atoms with Gasteiger partial charge < -0.3 is 17.7 Å². The highest BCUT2D eigenvalue weighted by Crippen LogP contribution is 2.33. The lowest BCUT2D eigenvalue weighted by Crippen LogP contribution is -2.60. The van der Waals surface area contributed by atoms with Gasteiger partial charge in [0.15, 0.2) is 0 Å². The van der Waals surface area contributed by atoms with Crippen molar-refractivity contribution >= 4 is 9.05 Å². The van der Waals surface area contributed by atoms with E-state index in [0.717, 1.165) is 0 Å². The van der Waals surface area contributed by atoms with Gasteiger partial charge in [-0.05, 0) is 92.4 Å². The first kappa shape index (κ1) is 34.2. The fourth-order valence-electron chi connectivity index (χ4n) is 4.79. The van der Waals surface area contributed by atoms with Gasteiger partial charge in [-0.2, -0.15) is 0 Å². The second-order valence-electron chi connectivity index (χ2n) is 16.0. The standard InChI is InChI=1S/C40H52O4Si/c1-37(2,3)29-13-21-33(22-14-29)41-45(42-34-23-15-30(16-24-34)38(4,5)6,43-35-25-17-31(18-26-35)39(7,8)9)44-36-27-19-32(20-28-36)40(10,11)12/h13-28H,1-12H3. The Morgan fingerprint density at radius 1 is 0.289 bits per heavy atom. The van der Waals surface area contributed by atoms with Gasteiger partial charge in [-0.1, -0.05) is 132 Å². The molecule has 0 bridgehead atoms. The van der Waals surface area contributed by atoms with Gasteiger partial charge in [0.2, 0.25) is 0 Å². The van der Waals surface area contributed by atoms with Crippen LogP contribution >= 0.6 is 0 Å². The van der Waals surface area contributed by atoms with Gasteiger partial charge >= 0.3 is 9.05 Å². The summed E-state index contributed by atoms with van der Waals surface area (Å²) in [4.78, 5) is 0. The van der Waals surface area contributed by atoms with Gasteiger partial charge in [-0.25, -0.2) is 0 Å². The summed E-state index contributed by atoms with van der Waals surface area (Å²) >= 11 is 0. The Labute approximate surface area is 273 Å². The van der Waals surface area contributed by atoms with Crippen LogP contribution in [0.1, 0.15) is 105 Å². The number of rotatable bonds is 8. The molecule has 4 nitrogen and oxygen atoms in total. The molecular formula is C40H52O4Si. The Hall–Kier alpha value is -3.70. The van der Waals surface area contributed by atoms with Crippen LogP contribution in [0.5, 0.6) is 23.0 Å².